The van der Waals surface area contributed by atoms with Crippen molar-refractivity contribution in [2.24, 2.45) is 0 Å². The van der Waals surface area contributed by atoms with E-state index in [4.69, 9.17) is 9.84 Å². The number of carboxylic acids is 1. The lowest BCUT2D eigenvalue weighted by atomic mass is 10.2. The second-order valence-corrected chi connectivity index (χ2v) is 6.77. The van der Waals surface area contributed by atoms with Crippen molar-refractivity contribution in [2.75, 3.05) is 0 Å². The van der Waals surface area contributed by atoms with Crippen LogP contribution < -0.4 is 4.74 Å². The third-order valence-corrected chi connectivity index (χ3v) is 5.56. The van der Waals surface area contributed by atoms with Crippen LogP contribution in [0.3, 0.4) is 0 Å². The Hall–Kier alpha value is -1.99. The summed E-state index contributed by atoms with van der Waals surface area (Å²) in [6, 6.07) is 1.52. The van der Waals surface area contributed by atoms with Gasteiger partial charge in [-0.25, -0.2) is 14.8 Å². The molecular formula is C14H10N2O3S2. The summed E-state index contributed by atoms with van der Waals surface area (Å²) in [5.74, 6) is 0.0867. The Morgan fingerprint density at radius 2 is 2.24 bits per heavy atom. The molecule has 1 aliphatic carbocycles. The molecule has 0 spiro atoms. The monoisotopic (exact) mass is 318 g/mol. The van der Waals surface area contributed by atoms with Gasteiger partial charge in [-0.2, -0.15) is 0 Å². The van der Waals surface area contributed by atoms with E-state index in [1.165, 1.54) is 22.8 Å². The van der Waals surface area contributed by atoms with Crippen LogP contribution in [-0.4, -0.2) is 21.0 Å². The van der Waals surface area contributed by atoms with E-state index in [1.807, 2.05) is 0 Å². The van der Waals surface area contributed by atoms with Crippen LogP contribution in [0.2, 0.25) is 0 Å². The number of hydrogen-bond acceptors (Lipinski definition) is 6. The molecule has 5 nitrogen and oxygen atoms in total. The topological polar surface area (TPSA) is 72.3 Å². The number of fused-ring (bicyclic) bond motifs is 3. The fourth-order valence-corrected chi connectivity index (χ4v) is 4.44. The van der Waals surface area contributed by atoms with Gasteiger partial charge in [0, 0.05) is 16.3 Å². The van der Waals surface area contributed by atoms with Gasteiger partial charge in [0.1, 0.15) is 21.8 Å². The number of hydrogen-bond donors (Lipinski definition) is 1. The predicted octanol–water partition coefficient (Wildman–Crippen LogP) is 3.73. The van der Waals surface area contributed by atoms with E-state index in [9.17, 15) is 4.79 Å². The van der Waals surface area contributed by atoms with E-state index < -0.39 is 5.97 Å². The Morgan fingerprint density at radius 3 is 3.05 bits per heavy atom. The van der Waals surface area contributed by atoms with Gasteiger partial charge in [-0.05, 0) is 24.8 Å². The lowest BCUT2D eigenvalue weighted by Crippen LogP contribution is -1.92. The molecule has 1 aliphatic rings. The minimum Gasteiger partial charge on any atom is -0.477 e. The first-order valence-corrected chi connectivity index (χ1v) is 8.17. The van der Waals surface area contributed by atoms with Gasteiger partial charge in [0.25, 0.3) is 0 Å². The van der Waals surface area contributed by atoms with Gasteiger partial charge in [-0.15, -0.1) is 22.7 Å². The minimum absolute atomic E-state index is 0.255. The van der Waals surface area contributed by atoms with Crippen LogP contribution in [0.1, 0.15) is 26.5 Å². The van der Waals surface area contributed by atoms with Crippen molar-refractivity contribution >= 4 is 38.9 Å². The fourth-order valence-electron chi connectivity index (χ4n) is 2.57. The lowest BCUT2D eigenvalue weighted by molar-refractivity contribution is 0.0702. The van der Waals surface area contributed by atoms with E-state index in [-0.39, 0.29) is 4.88 Å². The number of aromatic carboxylic acids is 1. The van der Waals surface area contributed by atoms with Gasteiger partial charge in [0.2, 0.25) is 5.88 Å². The molecule has 0 saturated heterocycles. The number of ether oxygens (including phenoxy) is 1. The molecule has 0 atom stereocenters. The molecule has 0 aliphatic heterocycles. The van der Waals surface area contributed by atoms with Gasteiger partial charge < -0.3 is 9.84 Å². The summed E-state index contributed by atoms with van der Waals surface area (Å²) in [5.41, 5.74) is 1.29. The van der Waals surface area contributed by atoms with Crippen molar-refractivity contribution in [3.8, 4) is 11.6 Å². The highest BCUT2D eigenvalue weighted by atomic mass is 32.1. The average Bonchev–Trinajstić information content (AvgIpc) is 3.12. The molecule has 4 rings (SSSR count). The van der Waals surface area contributed by atoms with Crippen LogP contribution in [0.5, 0.6) is 11.6 Å². The van der Waals surface area contributed by atoms with Gasteiger partial charge in [0.05, 0.1) is 5.39 Å². The molecule has 106 valence electrons. The molecule has 0 unspecified atom stereocenters. The summed E-state index contributed by atoms with van der Waals surface area (Å²) in [4.78, 5) is 22.0. The molecule has 0 bridgehead atoms. The Morgan fingerprint density at radius 1 is 1.33 bits per heavy atom. The normalized spacial score (nSPS) is 13.5. The summed E-state index contributed by atoms with van der Waals surface area (Å²) in [5, 5.41) is 11.6. The van der Waals surface area contributed by atoms with Crippen molar-refractivity contribution in [3.63, 3.8) is 0 Å². The van der Waals surface area contributed by atoms with Crippen molar-refractivity contribution in [1.29, 1.82) is 0 Å². The first kappa shape index (κ1) is 12.7. The number of thiophene rings is 2. The zero-order chi connectivity index (χ0) is 14.4. The zero-order valence-corrected chi connectivity index (χ0v) is 12.5. The smallest absolute Gasteiger partial charge is 0.346 e. The molecule has 1 N–H and O–H groups in total. The quantitative estimate of drug-likeness (QED) is 0.796. The molecule has 0 radical (unpaired) electrons. The van der Waals surface area contributed by atoms with Crippen molar-refractivity contribution in [1.82, 2.24) is 9.97 Å². The standard InChI is InChI=1S/C14H10N2O3S2/c17-14(18)10-4-7(5-20-10)19-12-11-8-2-1-3-9(8)21-13(11)16-6-15-12/h4-6H,1-3H2,(H,17,18). The molecule has 0 saturated carbocycles. The van der Waals surface area contributed by atoms with E-state index in [1.54, 1.807) is 16.7 Å². The highest BCUT2D eigenvalue weighted by Gasteiger charge is 2.22. The summed E-state index contributed by atoms with van der Waals surface area (Å²) < 4.78 is 5.81. The van der Waals surface area contributed by atoms with Crippen molar-refractivity contribution in [2.45, 2.75) is 19.3 Å². The van der Waals surface area contributed by atoms with Crippen LogP contribution in [0.25, 0.3) is 10.2 Å². The largest absolute Gasteiger partial charge is 0.477 e. The van der Waals surface area contributed by atoms with Crippen molar-refractivity contribution < 1.29 is 14.6 Å². The van der Waals surface area contributed by atoms with E-state index in [0.29, 0.717) is 11.6 Å². The maximum Gasteiger partial charge on any atom is 0.346 e. The summed E-state index contributed by atoms with van der Waals surface area (Å²) in [7, 11) is 0. The predicted molar refractivity (Wildman–Crippen MR) is 80.8 cm³/mol. The van der Waals surface area contributed by atoms with E-state index in [0.717, 1.165) is 40.8 Å². The van der Waals surface area contributed by atoms with E-state index in [2.05, 4.69) is 9.97 Å². The SMILES string of the molecule is O=C(O)c1cc(Oc2ncnc3sc4c(c23)CCC4)cs1. The number of rotatable bonds is 3. The van der Waals surface area contributed by atoms with Crippen LogP contribution in [0, 0.1) is 0 Å². The number of carbonyl (C=O) groups is 1. The molecule has 0 aromatic carbocycles. The Bertz CT molecular complexity index is 853. The maximum atomic E-state index is 10.9. The van der Waals surface area contributed by atoms with Gasteiger partial charge >= 0.3 is 5.97 Å². The molecule has 3 heterocycles. The number of nitrogens with zero attached hydrogens (tertiary/aromatic N) is 2. The minimum atomic E-state index is -0.945. The molecular weight excluding hydrogens is 308 g/mol. The summed E-state index contributed by atoms with van der Waals surface area (Å²) >= 11 is 2.84. The lowest BCUT2D eigenvalue weighted by Gasteiger charge is -2.04. The van der Waals surface area contributed by atoms with Crippen LogP contribution >= 0.6 is 22.7 Å². The zero-order valence-electron chi connectivity index (χ0n) is 10.8. The maximum absolute atomic E-state index is 10.9. The van der Waals surface area contributed by atoms with Gasteiger partial charge in [-0.1, -0.05) is 0 Å². The van der Waals surface area contributed by atoms with Crippen molar-refractivity contribution in [3.05, 3.63) is 33.1 Å². The Kier molecular flexibility index (Phi) is 2.90. The van der Waals surface area contributed by atoms with Gasteiger partial charge in [0.15, 0.2) is 0 Å². The highest BCUT2D eigenvalue weighted by Crippen LogP contribution is 2.41. The number of aromatic nitrogens is 2. The third-order valence-electron chi connectivity index (χ3n) is 3.47. The summed E-state index contributed by atoms with van der Waals surface area (Å²) in [6.45, 7) is 0. The number of carboxylic acid groups (broad SMARTS) is 1. The molecule has 3 aromatic heterocycles. The molecule has 0 fully saturated rings. The molecule has 0 amide bonds. The Balaban J connectivity index is 1.77. The van der Waals surface area contributed by atoms with Crippen LogP contribution in [0.4, 0.5) is 0 Å². The second kappa shape index (κ2) is 4.78. The van der Waals surface area contributed by atoms with Gasteiger partial charge in [-0.3, -0.25) is 0 Å². The molecule has 3 aromatic rings. The average molecular weight is 318 g/mol. The molecule has 7 heteroatoms. The highest BCUT2D eigenvalue weighted by molar-refractivity contribution is 7.19. The van der Waals surface area contributed by atoms with Crippen LogP contribution in [0.15, 0.2) is 17.8 Å². The van der Waals surface area contributed by atoms with E-state index >= 15 is 0 Å². The van der Waals surface area contributed by atoms with Crippen LogP contribution in [-0.2, 0) is 12.8 Å². The fraction of sp³-hybridized carbons (Fsp3) is 0.214. The molecule has 21 heavy (non-hydrogen) atoms. The Labute approximate surface area is 127 Å². The first-order chi connectivity index (χ1) is 10.2. The third kappa shape index (κ3) is 2.09. The number of aryl methyl sites for hydroxylation is 2. The summed E-state index contributed by atoms with van der Waals surface area (Å²) in [6.07, 6.45) is 4.78. The first-order valence-electron chi connectivity index (χ1n) is 6.47. The second-order valence-electron chi connectivity index (χ2n) is 4.77.